The van der Waals surface area contributed by atoms with Crippen molar-refractivity contribution in [2.45, 2.75) is 33.4 Å². The number of rotatable bonds is 6. The Kier molecular flexibility index (Phi) is 5.96. The molecule has 1 fully saturated rings. The molecule has 0 spiro atoms. The lowest BCUT2D eigenvalue weighted by Crippen LogP contribution is -2.61. The van der Waals surface area contributed by atoms with Crippen molar-refractivity contribution in [3.05, 3.63) is 77.1 Å². The van der Waals surface area contributed by atoms with Crippen molar-refractivity contribution in [1.82, 2.24) is 20.2 Å². The van der Waals surface area contributed by atoms with Crippen LogP contribution in [0.5, 0.6) is 0 Å². The topological polar surface area (TPSA) is 85.0 Å². The number of benzene rings is 2. The van der Waals surface area contributed by atoms with E-state index in [2.05, 4.69) is 10.7 Å². The maximum Gasteiger partial charge on any atom is 0.331 e. The first-order valence-corrected chi connectivity index (χ1v) is 10.7. The van der Waals surface area contributed by atoms with Crippen LogP contribution in [0.4, 0.5) is 10.5 Å². The molecule has 2 aliphatic rings. The lowest BCUT2D eigenvalue weighted by molar-refractivity contribution is -0.133. The average Bonchev–Trinajstić information content (AvgIpc) is 3.22. The highest BCUT2D eigenvalue weighted by Crippen LogP contribution is 2.27. The number of hydrogen-bond donors (Lipinski definition) is 2. The minimum atomic E-state index is -0.703. The highest BCUT2D eigenvalue weighted by Gasteiger charge is 2.46. The second-order valence-corrected chi connectivity index (χ2v) is 8.05. The molecule has 4 amide bonds. The van der Waals surface area contributed by atoms with Gasteiger partial charge >= 0.3 is 6.03 Å². The van der Waals surface area contributed by atoms with Gasteiger partial charge in [0, 0.05) is 18.4 Å². The summed E-state index contributed by atoms with van der Waals surface area (Å²) in [6, 6.07) is 13.9. The first kappa shape index (κ1) is 21.6. The minimum absolute atomic E-state index is 0.144. The van der Waals surface area contributed by atoms with Gasteiger partial charge in [0.05, 0.1) is 12.2 Å². The van der Waals surface area contributed by atoms with E-state index in [0.29, 0.717) is 17.9 Å². The third-order valence-electron chi connectivity index (χ3n) is 5.65. The first-order chi connectivity index (χ1) is 15.4. The zero-order chi connectivity index (χ0) is 22.8. The maximum absolute atomic E-state index is 13.3. The normalized spacial score (nSPS) is 18.0. The summed E-state index contributed by atoms with van der Waals surface area (Å²) >= 11 is 0. The number of hydrogen-bond acceptors (Lipinski definition) is 5. The lowest BCUT2D eigenvalue weighted by atomic mass is 10.1. The van der Waals surface area contributed by atoms with E-state index in [1.54, 1.807) is 11.2 Å². The van der Waals surface area contributed by atoms with Gasteiger partial charge < -0.3 is 10.3 Å². The summed E-state index contributed by atoms with van der Waals surface area (Å²) < 4.78 is 0. The van der Waals surface area contributed by atoms with Crippen molar-refractivity contribution in [1.29, 1.82) is 0 Å². The number of urea groups is 1. The van der Waals surface area contributed by atoms with E-state index in [9.17, 15) is 14.4 Å². The number of nitrogens with one attached hydrogen (secondary N) is 2. The molecule has 166 valence electrons. The predicted molar refractivity (Wildman–Crippen MR) is 121 cm³/mol. The summed E-state index contributed by atoms with van der Waals surface area (Å²) in [6.07, 6.45) is 1.73. The monoisotopic (exact) mass is 433 g/mol. The van der Waals surface area contributed by atoms with Gasteiger partial charge in [0.2, 0.25) is 5.91 Å². The quantitative estimate of drug-likeness (QED) is 0.732. The summed E-state index contributed by atoms with van der Waals surface area (Å²) in [5.74, 6) is -0.652. The summed E-state index contributed by atoms with van der Waals surface area (Å²) in [4.78, 5) is 41.9. The van der Waals surface area contributed by atoms with Gasteiger partial charge in [-0.05, 0) is 38.0 Å². The van der Waals surface area contributed by atoms with Crippen LogP contribution in [0, 0.1) is 13.8 Å². The molecular formula is C24H27N5O3. The molecule has 2 aromatic rings. The number of hydrazine groups is 1. The third kappa shape index (κ3) is 4.22. The smallest absolute Gasteiger partial charge is 0.324 e. The van der Waals surface area contributed by atoms with Crippen LogP contribution >= 0.6 is 0 Å². The van der Waals surface area contributed by atoms with Gasteiger partial charge in [0.25, 0.3) is 5.91 Å². The van der Waals surface area contributed by atoms with Crippen LogP contribution in [0.3, 0.4) is 0 Å². The number of amides is 4. The zero-order valence-corrected chi connectivity index (χ0v) is 18.5. The number of anilines is 1. The van der Waals surface area contributed by atoms with Crippen molar-refractivity contribution < 1.29 is 14.4 Å². The van der Waals surface area contributed by atoms with E-state index in [0.717, 1.165) is 16.7 Å². The molecule has 2 N–H and O–H groups in total. The summed E-state index contributed by atoms with van der Waals surface area (Å²) in [5, 5.41) is 4.64. The van der Waals surface area contributed by atoms with Crippen molar-refractivity contribution in [3.8, 4) is 0 Å². The van der Waals surface area contributed by atoms with Crippen molar-refractivity contribution in [2.24, 2.45) is 0 Å². The van der Waals surface area contributed by atoms with Crippen molar-refractivity contribution in [2.75, 3.05) is 18.4 Å². The Morgan fingerprint density at radius 3 is 2.50 bits per heavy atom. The van der Waals surface area contributed by atoms with E-state index >= 15 is 0 Å². The molecule has 2 aromatic carbocycles. The molecule has 1 atom stereocenters. The average molecular weight is 434 g/mol. The van der Waals surface area contributed by atoms with Gasteiger partial charge in [0.15, 0.2) is 0 Å². The molecule has 32 heavy (non-hydrogen) atoms. The molecule has 0 saturated carbocycles. The maximum atomic E-state index is 13.3. The molecule has 0 aliphatic carbocycles. The SMILES string of the molecule is CCN1C=C2C(N1)C(=O)N(Cc1ccccc1)C(=O)N2CC(=O)Nc1ccc(C)cc1C. The van der Waals surface area contributed by atoms with Gasteiger partial charge in [-0.3, -0.25) is 19.4 Å². The lowest BCUT2D eigenvalue weighted by Gasteiger charge is -2.37. The molecule has 0 bridgehead atoms. The molecule has 8 nitrogen and oxygen atoms in total. The Morgan fingerprint density at radius 1 is 1.06 bits per heavy atom. The summed E-state index contributed by atoms with van der Waals surface area (Å²) in [6.45, 7) is 6.42. The predicted octanol–water partition coefficient (Wildman–Crippen LogP) is 2.76. The van der Waals surface area contributed by atoms with Gasteiger partial charge in [-0.15, -0.1) is 0 Å². The zero-order valence-electron chi connectivity index (χ0n) is 18.5. The van der Waals surface area contributed by atoms with E-state index < -0.39 is 12.1 Å². The Bertz CT molecular complexity index is 1080. The number of aryl methyl sites for hydroxylation is 2. The van der Waals surface area contributed by atoms with E-state index in [-0.39, 0.29) is 24.9 Å². The fourth-order valence-electron chi connectivity index (χ4n) is 3.96. The molecular weight excluding hydrogens is 406 g/mol. The molecule has 2 aliphatic heterocycles. The van der Waals surface area contributed by atoms with Crippen LogP contribution in [0.2, 0.25) is 0 Å². The Balaban J connectivity index is 1.58. The van der Waals surface area contributed by atoms with E-state index in [1.807, 2.05) is 69.3 Å². The second-order valence-electron chi connectivity index (χ2n) is 8.05. The van der Waals surface area contributed by atoms with Gasteiger partial charge in [-0.1, -0.05) is 48.0 Å². The van der Waals surface area contributed by atoms with E-state index in [4.69, 9.17) is 0 Å². The van der Waals surface area contributed by atoms with Gasteiger partial charge in [-0.2, -0.15) is 0 Å². The fourth-order valence-corrected chi connectivity index (χ4v) is 3.96. The molecule has 0 aromatic heterocycles. The molecule has 1 unspecified atom stereocenters. The standard InChI is InChI=1S/C24H27N5O3/c1-4-27-14-20-22(26-27)23(31)29(13-18-8-6-5-7-9-18)24(32)28(20)15-21(30)25-19-11-10-16(2)12-17(19)3/h5-12,14,22,26H,4,13,15H2,1-3H3,(H,25,30). The third-order valence-corrected chi connectivity index (χ3v) is 5.65. The highest BCUT2D eigenvalue weighted by atomic mass is 16.2. The van der Waals surface area contributed by atoms with Crippen LogP contribution in [-0.4, -0.2) is 51.8 Å². The molecule has 0 radical (unpaired) electrons. The second kappa shape index (κ2) is 8.84. The number of carbonyl (C=O) groups is 3. The molecule has 1 saturated heterocycles. The number of fused-ring (bicyclic) bond motifs is 1. The largest absolute Gasteiger partial charge is 0.331 e. The minimum Gasteiger partial charge on any atom is -0.324 e. The summed E-state index contributed by atoms with van der Waals surface area (Å²) in [5.41, 5.74) is 7.20. The van der Waals surface area contributed by atoms with E-state index in [1.165, 1.54) is 9.80 Å². The Labute approximate surface area is 187 Å². The van der Waals surface area contributed by atoms with Crippen molar-refractivity contribution in [3.63, 3.8) is 0 Å². The van der Waals surface area contributed by atoms with Crippen molar-refractivity contribution >= 4 is 23.5 Å². The number of imide groups is 1. The molecule has 4 rings (SSSR count). The van der Waals surface area contributed by atoms with Gasteiger partial charge in [0.1, 0.15) is 12.6 Å². The van der Waals surface area contributed by atoms with Crippen LogP contribution in [0.15, 0.2) is 60.4 Å². The molecule has 2 heterocycles. The Morgan fingerprint density at radius 2 is 1.81 bits per heavy atom. The first-order valence-electron chi connectivity index (χ1n) is 10.7. The molecule has 8 heteroatoms. The van der Waals surface area contributed by atoms with Crippen LogP contribution in [-0.2, 0) is 16.1 Å². The van der Waals surface area contributed by atoms with Crippen LogP contribution < -0.4 is 10.7 Å². The van der Waals surface area contributed by atoms with Crippen LogP contribution in [0.25, 0.3) is 0 Å². The number of carbonyl (C=O) groups excluding carboxylic acids is 3. The Hall–Kier alpha value is -3.65. The summed E-state index contributed by atoms with van der Waals surface area (Å²) in [7, 11) is 0. The van der Waals surface area contributed by atoms with Gasteiger partial charge in [-0.25, -0.2) is 10.2 Å². The highest BCUT2D eigenvalue weighted by molar-refractivity contribution is 6.05. The fraction of sp³-hybridized carbons (Fsp3) is 0.292. The number of nitrogens with zero attached hydrogens (tertiary/aromatic N) is 3. The van der Waals surface area contributed by atoms with Crippen LogP contribution in [0.1, 0.15) is 23.6 Å².